The summed E-state index contributed by atoms with van der Waals surface area (Å²) in [7, 11) is 0. The quantitative estimate of drug-likeness (QED) is 0.703. The Labute approximate surface area is 193 Å². The summed E-state index contributed by atoms with van der Waals surface area (Å²) >= 11 is 6.16. The Morgan fingerprint density at radius 3 is 2.78 bits per heavy atom. The maximum Gasteiger partial charge on any atom is 0.242 e. The van der Waals surface area contributed by atoms with Crippen molar-refractivity contribution in [2.45, 2.75) is 43.8 Å². The van der Waals surface area contributed by atoms with Crippen LogP contribution in [0.2, 0.25) is 5.02 Å². The molecule has 3 aliphatic rings. The molecule has 0 bridgehead atoms. The van der Waals surface area contributed by atoms with E-state index < -0.39 is 0 Å². The van der Waals surface area contributed by atoms with E-state index in [-0.39, 0.29) is 18.0 Å². The Morgan fingerprint density at radius 2 is 1.94 bits per heavy atom. The molecule has 4 heterocycles. The summed E-state index contributed by atoms with van der Waals surface area (Å²) in [5, 5.41) is 0.652. The van der Waals surface area contributed by atoms with Gasteiger partial charge in [-0.05, 0) is 43.9 Å². The molecule has 32 heavy (non-hydrogen) atoms. The van der Waals surface area contributed by atoms with Crippen molar-refractivity contribution in [2.24, 2.45) is 0 Å². The molecule has 170 valence electrons. The Morgan fingerprint density at radius 1 is 1.06 bits per heavy atom. The largest absolute Gasteiger partial charge is 0.381 e. The molecule has 3 aliphatic heterocycles. The van der Waals surface area contributed by atoms with Crippen molar-refractivity contribution in [3.8, 4) is 11.4 Å². The van der Waals surface area contributed by atoms with E-state index in [2.05, 4.69) is 9.88 Å². The first-order valence-electron chi connectivity index (χ1n) is 11.5. The van der Waals surface area contributed by atoms with Crippen LogP contribution in [0, 0.1) is 0 Å². The highest BCUT2D eigenvalue weighted by molar-refractivity contribution is 6.30. The van der Waals surface area contributed by atoms with E-state index in [0.29, 0.717) is 30.1 Å². The van der Waals surface area contributed by atoms with Crippen molar-refractivity contribution < 1.29 is 14.3 Å². The van der Waals surface area contributed by atoms with Crippen LogP contribution >= 0.6 is 11.6 Å². The molecule has 3 saturated heterocycles. The molecule has 7 nitrogen and oxygen atoms in total. The molecule has 2 atom stereocenters. The molecule has 2 aromatic rings. The summed E-state index contributed by atoms with van der Waals surface area (Å²) in [6.45, 7) is 4.21. The fourth-order valence-electron chi connectivity index (χ4n) is 5.14. The van der Waals surface area contributed by atoms with Crippen LogP contribution in [0.3, 0.4) is 0 Å². The first kappa shape index (κ1) is 21.8. The molecular weight excluding hydrogens is 428 g/mol. The van der Waals surface area contributed by atoms with Gasteiger partial charge in [-0.2, -0.15) is 0 Å². The lowest BCUT2D eigenvalue weighted by Gasteiger charge is -2.43. The summed E-state index contributed by atoms with van der Waals surface area (Å²) in [5.41, 5.74) is 1.76. The predicted octanol–water partition coefficient (Wildman–Crippen LogP) is 3.34. The molecule has 8 heteroatoms. The van der Waals surface area contributed by atoms with E-state index >= 15 is 0 Å². The van der Waals surface area contributed by atoms with Gasteiger partial charge in [-0.1, -0.05) is 23.7 Å². The lowest BCUT2D eigenvalue weighted by Crippen LogP contribution is -2.58. The number of amides is 1. The number of hydrogen-bond acceptors (Lipinski definition) is 6. The van der Waals surface area contributed by atoms with Gasteiger partial charge in [-0.3, -0.25) is 9.69 Å². The molecule has 0 radical (unpaired) electrons. The number of hydrogen-bond donors (Lipinski definition) is 0. The molecule has 2 unspecified atom stereocenters. The SMILES string of the molecule is O=C(C1COCCN1C1CCOCC1)N1CCCC1c1ccnc(-c2cccc(Cl)c2)n1. The maximum atomic E-state index is 13.7. The normalized spacial score (nSPS) is 25.2. The van der Waals surface area contributed by atoms with Crippen molar-refractivity contribution >= 4 is 17.5 Å². The van der Waals surface area contributed by atoms with Crippen molar-refractivity contribution in [3.63, 3.8) is 0 Å². The van der Waals surface area contributed by atoms with Gasteiger partial charge >= 0.3 is 0 Å². The maximum absolute atomic E-state index is 13.7. The molecule has 0 aliphatic carbocycles. The molecule has 1 aromatic carbocycles. The van der Waals surface area contributed by atoms with E-state index in [0.717, 1.165) is 63.2 Å². The lowest BCUT2D eigenvalue weighted by molar-refractivity contribution is -0.148. The lowest BCUT2D eigenvalue weighted by atomic mass is 10.0. The number of ether oxygens (including phenoxy) is 2. The third-order valence-corrected chi connectivity index (χ3v) is 6.99. The zero-order valence-electron chi connectivity index (χ0n) is 18.2. The van der Waals surface area contributed by atoms with Gasteiger partial charge < -0.3 is 14.4 Å². The van der Waals surface area contributed by atoms with Crippen LogP contribution in [-0.2, 0) is 14.3 Å². The summed E-state index contributed by atoms with van der Waals surface area (Å²) in [6.07, 6.45) is 5.60. The number of nitrogens with zero attached hydrogens (tertiary/aromatic N) is 4. The van der Waals surface area contributed by atoms with Gasteiger partial charge in [0.05, 0.1) is 24.9 Å². The van der Waals surface area contributed by atoms with E-state index in [4.69, 9.17) is 26.1 Å². The molecule has 5 rings (SSSR count). The fourth-order valence-corrected chi connectivity index (χ4v) is 5.33. The minimum Gasteiger partial charge on any atom is -0.381 e. The average molecular weight is 457 g/mol. The molecule has 3 fully saturated rings. The van der Waals surface area contributed by atoms with Crippen LogP contribution in [0.25, 0.3) is 11.4 Å². The summed E-state index contributed by atoms with van der Waals surface area (Å²) < 4.78 is 11.3. The Balaban J connectivity index is 1.37. The number of halogens is 1. The summed E-state index contributed by atoms with van der Waals surface area (Å²) in [4.78, 5) is 27.4. The molecule has 0 spiro atoms. The van der Waals surface area contributed by atoms with Crippen LogP contribution in [0.4, 0.5) is 0 Å². The molecule has 0 saturated carbocycles. The van der Waals surface area contributed by atoms with Gasteiger partial charge in [-0.25, -0.2) is 9.97 Å². The summed E-state index contributed by atoms with van der Waals surface area (Å²) in [6, 6.07) is 9.59. The van der Waals surface area contributed by atoms with Crippen molar-refractivity contribution in [1.29, 1.82) is 0 Å². The first-order valence-corrected chi connectivity index (χ1v) is 11.9. The highest BCUT2D eigenvalue weighted by Gasteiger charge is 2.41. The van der Waals surface area contributed by atoms with Crippen molar-refractivity contribution in [2.75, 3.05) is 39.5 Å². The number of carbonyl (C=O) groups is 1. The minimum atomic E-state index is -0.235. The topological polar surface area (TPSA) is 67.8 Å². The highest BCUT2D eigenvalue weighted by atomic mass is 35.5. The number of rotatable bonds is 4. The van der Waals surface area contributed by atoms with E-state index in [1.54, 1.807) is 6.20 Å². The van der Waals surface area contributed by atoms with E-state index in [9.17, 15) is 4.79 Å². The molecular formula is C24H29ClN4O3. The van der Waals surface area contributed by atoms with Gasteiger partial charge in [0.1, 0.15) is 6.04 Å². The molecule has 0 N–H and O–H groups in total. The fraction of sp³-hybridized carbons (Fsp3) is 0.542. The number of likely N-dealkylation sites (tertiary alicyclic amines) is 1. The van der Waals surface area contributed by atoms with Gasteiger partial charge in [0.15, 0.2) is 5.82 Å². The standard InChI is InChI=1S/C24H29ClN4O3/c25-18-4-1-3-17(15-18)23-26-9-6-20(27-23)21-5-2-10-29(21)24(30)22-16-32-14-11-28(22)19-7-12-31-13-8-19/h1,3-4,6,9,15,19,21-22H,2,5,7-8,10-14,16H2. The van der Waals surface area contributed by atoms with E-state index in [1.807, 2.05) is 35.2 Å². The third kappa shape index (κ3) is 4.53. The Kier molecular flexibility index (Phi) is 6.69. The third-order valence-electron chi connectivity index (χ3n) is 6.75. The first-order chi connectivity index (χ1) is 15.7. The Bertz CT molecular complexity index is 952. The van der Waals surface area contributed by atoms with Gasteiger partial charge in [-0.15, -0.1) is 0 Å². The second kappa shape index (κ2) is 9.83. The van der Waals surface area contributed by atoms with Crippen LogP contribution in [-0.4, -0.2) is 77.3 Å². The number of morpholine rings is 1. The van der Waals surface area contributed by atoms with Crippen molar-refractivity contribution in [1.82, 2.24) is 19.8 Å². The van der Waals surface area contributed by atoms with E-state index in [1.165, 1.54) is 0 Å². The second-order valence-electron chi connectivity index (χ2n) is 8.68. The van der Waals surface area contributed by atoms with Gasteiger partial charge in [0.25, 0.3) is 0 Å². The van der Waals surface area contributed by atoms with Gasteiger partial charge in [0.2, 0.25) is 5.91 Å². The summed E-state index contributed by atoms with van der Waals surface area (Å²) in [5.74, 6) is 0.788. The molecule has 1 amide bonds. The average Bonchev–Trinajstić information content (AvgIpc) is 3.34. The number of benzene rings is 1. The smallest absolute Gasteiger partial charge is 0.242 e. The predicted molar refractivity (Wildman–Crippen MR) is 121 cm³/mol. The minimum absolute atomic E-state index is 0.0399. The zero-order valence-corrected chi connectivity index (χ0v) is 18.9. The highest BCUT2D eigenvalue weighted by Crippen LogP contribution is 2.33. The Hall–Kier alpha value is -2.06. The number of aromatic nitrogens is 2. The van der Waals surface area contributed by atoms with Gasteiger partial charge in [0, 0.05) is 49.1 Å². The zero-order chi connectivity index (χ0) is 21.9. The van der Waals surface area contributed by atoms with Crippen LogP contribution in [0.5, 0.6) is 0 Å². The second-order valence-corrected chi connectivity index (χ2v) is 9.11. The monoisotopic (exact) mass is 456 g/mol. The number of carbonyl (C=O) groups excluding carboxylic acids is 1. The van der Waals surface area contributed by atoms with Crippen LogP contribution in [0.15, 0.2) is 36.5 Å². The molecule has 1 aromatic heterocycles. The van der Waals surface area contributed by atoms with Crippen LogP contribution < -0.4 is 0 Å². The van der Waals surface area contributed by atoms with Crippen LogP contribution in [0.1, 0.15) is 37.4 Å². The van der Waals surface area contributed by atoms with Crippen molar-refractivity contribution in [3.05, 3.63) is 47.2 Å².